The predicted octanol–water partition coefficient (Wildman–Crippen LogP) is 18.1. The number of aromatic nitrogens is 3. The smallest absolute Gasteiger partial charge is 0.135 e. The van der Waals surface area contributed by atoms with Crippen molar-refractivity contribution >= 4 is 76.5 Å². The van der Waals surface area contributed by atoms with Crippen molar-refractivity contribution < 1.29 is 42.3 Å². The fourth-order valence-electron chi connectivity index (χ4n) is 10.4. The molecule has 11 aromatic rings. The van der Waals surface area contributed by atoms with Crippen LogP contribution < -0.4 is 9.64 Å². The Balaban J connectivity index is 0.00000752. The molecule has 3 aromatic heterocycles. The first kappa shape index (κ1) is 35.7. The summed E-state index contributed by atoms with van der Waals surface area (Å²) in [6, 6.07) is 58.2. The number of aryl methyl sites for hydroxylation is 1. The Kier molecular flexibility index (Phi) is 8.67. The molecule has 0 unspecified atom stereocenters. The van der Waals surface area contributed by atoms with E-state index in [1.807, 2.05) is 158 Å². The molecule has 1 aliphatic rings. The van der Waals surface area contributed by atoms with E-state index >= 15 is 0 Å². The number of rotatable bonds is 5. The third kappa shape index (κ3) is 8.23. The molecule has 1 aliphatic heterocycles. The van der Waals surface area contributed by atoms with Gasteiger partial charge in [-0.05, 0) is 136 Å². The topological polar surface area (TPSA) is 35.2 Å². The van der Waals surface area contributed by atoms with Crippen molar-refractivity contribution in [3.05, 3.63) is 211 Å². The molecule has 4 heterocycles. The van der Waals surface area contributed by atoms with E-state index in [0.717, 1.165) is 55.0 Å². The van der Waals surface area contributed by atoms with Gasteiger partial charge in [-0.2, -0.15) is 12.1 Å². The van der Waals surface area contributed by atoms with Crippen LogP contribution >= 0.6 is 0 Å². The number of para-hydroxylation sites is 3. The van der Waals surface area contributed by atoms with Gasteiger partial charge >= 0.3 is 0 Å². The average molecular weight is 1140 g/mol. The average Bonchev–Trinajstić information content (AvgIpc) is 1.29. The molecule has 0 saturated heterocycles. The maximum absolute atomic E-state index is 9.05. The number of nitrogens with zero attached hydrogens (tertiary/aromatic N) is 4. The number of hydrogen-bond donors (Lipinski definition) is 0. The van der Waals surface area contributed by atoms with E-state index in [2.05, 4.69) is 55.7 Å². The predicted molar refractivity (Wildman–Crippen MR) is 303 cm³/mol. The summed E-state index contributed by atoms with van der Waals surface area (Å²) < 4.78 is 117. The van der Waals surface area contributed by atoms with Crippen LogP contribution in [0.3, 0.4) is 0 Å². The van der Waals surface area contributed by atoms with Crippen molar-refractivity contribution in [2.24, 2.45) is 0 Å². The second-order valence-electron chi connectivity index (χ2n) is 20.9. The van der Waals surface area contributed by atoms with Gasteiger partial charge in [0.15, 0.2) is 0 Å². The molecule has 0 radical (unpaired) electrons. The van der Waals surface area contributed by atoms with Gasteiger partial charge in [-0.25, -0.2) is 4.98 Å². The molecule has 0 amide bonds. The zero-order valence-electron chi connectivity index (χ0n) is 53.3. The van der Waals surface area contributed by atoms with Crippen LogP contribution in [-0.4, -0.2) is 14.1 Å². The first-order valence-electron chi connectivity index (χ1n) is 30.2. The molecule has 73 heavy (non-hydrogen) atoms. The van der Waals surface area contributed by atoms with Gasteiger partial charge < -0.3 is 18.8 Å². The summed E-state index contributed by atoms with van der Waals surface area (Å²) in [4.78, 5) is 6.83. The molecule has 0 fully saturated rings. The van der Waals surface area contributed by atoms with Crippen molar-refractivity contribution in [2.75, 3.05) is 4.90 Å². The number of hydrogen-bond acceptors (Lipinski definition) is 3. The summed E-state index contributed by atoms with van der Waals surface area (Å²) in [6.45, 7) is 0.812. The fraction of sp³-hybridized carbons (Fsp3) is 0.194. The van der Waals surface area contributed by atoms with E-state index in [1.165, 1.54) is 12.1 Å². The number of anilines is 2. The zero-order chi connectivity index (χ0) is 59.8. The summed E-state index contributed by atoms with van der Waals surface area (Å²) in [5.41, 5.74) is 2.06. The van der Waals surface area contributed by atoms with Crippen molar-refractivity contribution in [3.8, 4) is 28.4 Å². The third-order valence-electron chi connectivity index (χ3n) is 14.0. The van der Waals surface area contributed by atoms with Crippen molar-refractivity contribution in [1.82, 2.24) is 14.1 Å². The van der Waals surface area contributed by atoms with Crippen molar-refractivity contribution in [2.45, 2.75) is 85.2 Å². The standard InChI is InChI=1S/C67H59N4O.Pt/c1-42-19-15-26-55-51-22-11-12-23-52(51)56-27-18-30-59-64(56)70(63-50(25-17-28-57(63)62(42)55)43-35-45(66(5,6)7)37-46(36-43)67(8,9)10)41-69(59)47-20-16-21-48(39-47)72-49-31-32-54-53-24-13-14-29-58(53)71(60(54)40-49)61-38-44(33-34-68-61)65(2,3)4;/h11-38,41H,1-10H3;/q-3;/i1D3,5D3,6D3,7D3;. The summed E-state index contributed by atoms with van der Waals surface area (Å²) >= 11 is 0. The molecule has 0 spiro atoms. The number of ether oxygens (including phenoxy) is 1. The maximum atomic E-state index is 9.05. The Morgan fingerprint density at radius 1 is 0.548 bits per heavy atom. The van der Waals surface area contributed by atoms with Crippen LogP contribution in [0.15, 0.2) is 170 Å². The van der Waals surface area contributed by atoms with E-state index in [-0.39, 0.29) is 32.0 Å². The summed E-state index contributed by atoms with van der Waals surface area (Å²) in [6.07, 6.45) is 1.84. The molecular weight excluding hydrogens is 1070 g/mol. The van der Waals surface area contributed by atoms with E-state index in [0.29, 0.717) is 61.1 Å². The third-order valence-corrected chi connectivity index (χ3v) is 14.0. The first-order chi connectivity index (χ1) is 39.5. The van der Waals surface area contributed by atoms with Crippen LogP contribution in [0.5, 0.6) is 11.5 Å². The van der Waals surface area contributed by atoms with Gasteiger partial charge in [0.1, 0.15) is 5.82 Å². The van der Waals surface area contributed by atoms with Gasteiger partial charge in [-0.1, -0.05) is 182 Å². The number of fused-ring (bicyclic) bond motifs is 10. The molecule has 0 saturated carbocycles. The van der Waals surface area contributed by atoms with Crippen molar-refractivity contribution in [1.29, 1.82) is 0 Å². The Morgan fingerprint density at radius 3 is 1.97 bits per heavy atom. The minimum Gasteiger partial charge on any atom is -0.509 e. The van der Waals surface area contributed by atoms with Gasteiger partial charge in [0.2, 0.25) is 0 Å². The molecule has 0 aliphatic carbocycles. The SMILES string of the molecule is [2H]C([2H])([2H])c1cccc2c3ccccc3c3cccc4c3n(c3c(-c5cc(C(C)(C)C)cc(C(C([2H])([2H])[2H])(C([2H])([2H])[2H])C([2H])([2H])[2H])c5)cccc3c12)[CH-]N4c1[c-]c(Oc2[c-]c3c(cc2)c2ccccc2n3-c2cc(C(C)(C)C)ccn2)ccc1.[Pt]. The molecular formula is C67H59N4OPt-3. The quantitative estimate of drug-likeness (QED) is 0.161. The zero-order valence-corrected chi connectivity index (χ0v) is 43.5. The Hall–Kier alpha value is -7.33. The first-order valence-corrected chi connectivity index (χ1v) is 24.2. The van der Waals surface area contributed by atoms with E-state index in [4.69, 9.17) is 26.2 Å². The molecule has 6 heteroatoms. The normalized spacial score (nSPS) is 15.9. The molecule has 12 rings (SSSR count). The van der Waals surface area contributed by atoms with Crippen LogP contribution in [0.4, 0.5) is 11.4 Å². The van der Waals surface area contributed by atoms with Crippen LogP contribution in [0.25, 0.3) is 82.1 Å². The fourth-order valence-corrected chi connectivity index (χ4v) is 10.4. The molecule has 366 valence electrons. The summed E-state index contributed by atoms with van der Waals surface area (Å²) in [7, 11) is 0. The monoisotopic (exact) mass is 1140 g/mol. The Morgan fingerprint density at radius 2 is 1.21 bits per heavy atom. The van der Waals surface area contributed by atoms with Gasteiger partial charge in [0, 0.05) is 66.4 Å². The largest absolute Gasteiger partial charge is 0.509 e. The van der Waals surface area contributed by atoms with E-state index in [1.54, 1.807) is 18.2 Å². The van der Waals surface area contributed by atoms with Gasteiger partial charge in [-0.3, -0.25) is 0 Å². The molecule has 8 aromatic carbocycles. The summed E-state index contributed by atoms with van der Waals surface area (Å²) in [5, 5.41) is 5.95. The minimum absolute atomic E-state index is 0. The second-order valence-corrected chi connectivity index (χ2v) is 20.9. The number of pyridine rings is 1. The van der Waals surface area contributed by atoms with Gasteiger partial charge in [-0.15, -0.1) is 35.7 Å². The maximum Gasteiger partial charge on any atom is 0.135 e. The molecule has 0 bridgehead atoms. The second kappa shape index (κ2) is 17.7. The van der Waals surface area contributed by atoms with Crippen molar-refractivity contribution in [3.63, 3.8) is 0 Å². The van der Waals surface area contributed by atoms with Crippen LogP contribution in [-0.2, 0) is 37.3 Å². The Labute approximate surface area is 460 Å². The van der Waals surface area contributed by atoms with Crippen LogP contribution in [0.2, 0.25) is 0 Å². The number of benzene rings is 8. The summed E-state index contributed by atoms with van der Waals surface area (Å²) in [5.74, 6) is 1.59. The van der Waals surface area contributed by atoms with Gasteiger partial charge in [0.25, 0.3) is 0 Å². The molecule has 0 atom stereocenters. The minimum atomic E-state index is -3.55. The van der Waals surface area contributed by atoms with E-state index in [9.17, 15) is 0 Å². The molecule has 5 nitrogen and oxygen atoms in total. The van der Waals surface area contributed by atoms with E-state index < -0.39 is 43.8 Å². The molecule has 0 N–H and O–H groups in total. The Bertz CT molecular complexity index is 4520. The van der Waals surface area contributed by atoms with Crippen LogP contribution in [0, 0.1) is 25.7 Å². The van der Waals surface area contributed by atoms with Crippen LogP contribution in [0.1, 0.15) is 101 Å². The van der Waals surface area contributed by atoms with Gasteiger partial charge in [0.05, 0.1) is 0 Å².